The number of hydrogen-bond acceptors (Lipinski definition) is 3. The lowest BCUT2D eigenvalue weighted by Gasteiger charge is -2.34. The molecule has 1 saturated carbocycles. The lowest BCUT2D eigenvalue weighted by molar-refractivity contribution is 0.127. The lowest BCUT2D eigenvalue weighted by Crippen LogP contribution is -2.47. The van der Waals surface area contributed by atoms with Gasteiger partial charge in [0.1, 0.15) is 0 Å². The first-order valence-corrected chi connectivity index (χ1v) is 11.0. The number of piperazine rings is 1. The topological polar surface area (TPSA) is 43.2 Å². The molecule has 0 spiro atoms. The van der Waals surface area contributed by atoms with Gasteiger partial charge >= 0.3 is 0 Å². The van der Waals surface area contributed by atoms with Crippen LogP contribution in [0.5, 0.6) is 0 Å². The molecule has 156 valence electrons. The van der Waals surface area contributed by atoms with Gasteiger partial charge in [-0.05, 0) is 50.3 Å². The van der Waals surface area contributed by atoms with Gasteiger partial charge in [0.05, 0.1) is 0 Å². The maximum absolute atomic E-state index is 4.53. The lowest BCUT2D eigenvalue weighted by atomic mass is 10.1. The molecule has 2 aliphatic rings. The van der Waals surface area contributed by atoms with Gasteiger partial charge in [0, 0.05) is 57.2 Å². The summed E-state index contributed by atoms with van der Waals surface area (Å²) in [5.74, 6) is 0.678. The molecular formula is C23H39N5. The maximum Gasteiger partial charge on any atom is 0.222 e. The fourth-order valence-electron chi connectivity index (χ4n) is 3.41. The molecule has 0 unspecified atom stereocenters. The number of guanidine groups is 1. The van der Waals surface area contributed by atoms with E-state index in [4.69, 9.17) is 0 Å². The Morgan fingerprint density at radius 3 is 2.46 bits per heavy atom. The van der Waals surface area contributed by atoms with Crippen LogP contribution < -0.4 is 5.32 Å². The summed E-state index contributed by atoms with van der Waals surface area (Å²) >= 11 is 0. The van der Waals surface area contributed by atoms with Gasteiger partial charge in [-0.1, -0.05) is 32.9 Å². The Bertz CT molecular complexity index is 640. The zero-order chi connectivity index (χ0) is 20.4. The van der Waals surface area contributed by atoms with Crippen molar-refractivity contribution in [2.75, 3.05) is 45.1 Å². The number of benzene rings is 1. The normalized spacial score (nSPS) is 19.2. The first-order valence-electron chi connectivity index (χ1n) is 11.0. The average Bonchev–Trinajstić information content (AvgIpc) is 3.59. The summed E-state index contributed by atoms with van der Waals surface area (Å²) in [6, 6.07) is 9.55. The third kappa shape index (κ3) is 7.36. The Kier molecular flexibility index (Phi) is 9.65. The number of aliphatic imine (C=N–C) groups is 2. The number of nitrogens with zero attached hydrogens (tertiary/aromatic N) is 4. The molecule has 1 aliphatic carbocycles. The van der Waals surface area contributed by atoms with E-state index < -0.39 is 0 Å². The van der Waals surface area contributed by atoms with Crippen LogP contribution in [-0.4, -0.2) is 67.3 Å². The molecular weight excluding hydrogens is 346 g/mol. The molecule has 3 rings (SSSR count). The summed E-state index contributed by atoms with van der Waals surface area (Å²) in [6.45, 7) is 14.2. The summed E-state index contributed by atoms with van der Waals surface area (Å²) in [5.41, 5.74) is 3.51. The van der Waals surface area contributed by atoms with Crippen LogP contribution in [0.1, 0.15) is 52.5 Å². The van der Waals surface area contributed by atoms with Gasteiger partial charge in [-0.3, -0.25) is 9.89 Å². The van der Waals surface area contributed by atoms with Gasteiger partial charge in [0.25, 0.3) is 0 Å². The van der Waals surface area contributed by atoms with Gasteiger partial charge < -0.3 is 10.2 Å². The Morgan fingerprint density at radius 2 is 1.86 bits per heavy atom. The maximum atomic E-state index is 4.53. The molecule has 1 saturated heterocycles. The number of nitrogens with one attached hydrogen (secondary N) is 1. The van der Waals surface area contributed by atoms with E-state index in [-0.39, 0.29) is 0 Å². The smallest absolute Gasteiger partial charge is 0.222 e. The summed E-state index contributed by atoms with van der Waals surface area (Å²) in [4.78, 5) is 14.1. The molecule has 5 heteroatoms. The van der Waals surface area contributed by atoms with E-state index in [2.05, 4.69) is 56.3 Å². The quantitative estimate of drug-likeness (QED) is 0.586. The van der Waals surface area contributed by atoms with Gasteiger partial charge in [0.2, 0.25) is 5.96 Å². The highest BCUT2D eigenvalue weighted by Gasteiger charge is 2.30. The summed E-state index contributed by atoms with van der Waals surface area (Å²) in [5, 5.41) is 3.34. The van der Waals surface area contributed by atoms with Crippen molar-refractivity contribution in [1.29, 1.82) is 0 Å². The van der Waals surface area contributed by atoms with Crippen LogP contribution >= 0.6 is 0 Å². The molecule has 28 heavy (non-hydrogen) atoms. The predicted octanol–water partition coefficient (Wildman–Crippen LogP) is 4.30. The zero-order valence-electron chi connectivity index (χ0n) is 18.5. The average molecular weight is 386 g/mol. The van der Waals surface area contributed by atoms with Gasteiger partial charge in [-0.2, -0.15) is 0 Å². The van der Waals surface area contributed by atoms with Crippen LogP contribution in [0.25, 0.3) is 0 Å². The molecule has 5 nitrogen and oxygen atoms in total. The highest BCUT2D eigenvalue weighted by atomic mass is 15.3. The van der Waals surface area contributed by atoms with Gasteiger partial charge in [0.15, 0.2) is 0 Å². The molecule has 1 aromatic carbocycles. The van der Waals surface area contributed by atoms with Crippen molar-refractivity contribution in [1.82, 2.24) is 9.80 Å². The van der Waals surface area contributed by atoms with E-state index >= 15 is 0 Å². The summed E-state index contributed by atoms with van der Waals surface area (Å²) < 4.78 is 0. The Hall–Kier alpha value is -1.72. The van der Waals surface area contributed by atoms with E-state index in [1.54, 1.807) is 7.05 Å². The monoisotopic (exact) mass is 385 g/mol. The predicted molar refractivity (Wildman–Crippen MR) is 123 cm³/mol. The third-order valence-corrected chi connectivity index (χ3v) is 5.39. The van der Waals surface area contributed by atoms with Crippen molar-refractivity contribution in [3.63, 3.8) is 0 Å². The fourth-order valence-corrected chi connectivity index (χ4v) is 3.41. The largest absolute Gasteiger partial charge is 0.324 e. The van der Waals surface area contributed by atoms with E-state index in [0.717, 1.165) is 36.8 Å². The van der Waals surface area contributed by atoms with Crippen LogP contribution in [-0.2, 0) is 6.42 Å². The molecule has 1 heterocycles. The molecule has 0 atom stereocenters. The van der Waals surface area contributed by atoms with Crippen molar-refractivity contribution in [2.45, 2.75) is 59.4 Å². The highest BCUT2D eigenvalue weighted by molar-refractivity contribution is 6.02. The second-order valence-electron chi connectivity index (χ2n) is 7.43. The second kappa shape index (κ2) is 12.0. The highest BCUT2D eigenvalue weighted by Crippen LogP contribution is 2.27. The van der Waals surface area contributed by atoms with Crippen LogP contribution in [0.4, 0.5) is 5.69 Å². The zero-order valence-corrected chi connectivity index (χ0v) is 18.5. The molecule has 0 aromatic heterocycles. The summed E-state index contributed by atoms with van der Waals surface area (Å²) in [7, 11) is 1.78. The van der Waals surface area contributed by atoms with E-state index in [1.807, 2.05) is 20.8 Å². The van der Waals surface area contributed by atoms with Crippen LogP contribution in [0, 0.1) is 0 Å². The van der Waals surface area contributed by atoms with E-state index in [1.165, 1.54) is 44.6 Å². The molecule has 1 aliphatic heterocycles. The van der Waals surface area contributed by atoms with Crippen LogP contribution in [0.2, 0.25) is 0 Å². The van der Waals surface area contributed by atoms with Crippen LogP contribution in [0.15, 0.2) is 34.3 Å². The number of anilines is 1. The Morgan fingerprint density at radius 1 is 1.14 bits per heavy atom. The van der Waals surface area contributed by atoms with Gasteiger partial charge in [-0.15, -0.1) is 0 Å². The Labute approximate surface area is 171 Å². The first kappa shape index (κ1) is 22.6. The van der Waals surface area contributed by atoms with E-state index in [0.29, 0.717) is 5.96 Å². The molecule has 1 N–H and O–H groups in total. The summed E-state index contributed by atoms with van der Waals surface area (Å²) in [6.07, 6.45) is 4.87. The Balaban J connectivity index is 0.00000136. The molecule has 0 radical (unpaired) electrons. The number of hydrogen-bond donors (Lipinski definition) is 1. The van der Waals surface area contributed by atoms with Crippen molar-refractivity contribution >= 4 is 17.4 Å². The molecule has 1 aromatic rings. The molecule has 0 amide bonds. The number of rotatable bonds is 6. The molecule has 0 bridgehead atoms. The van der Waals surface area contributed by atoms with Crippen molar-refractivity contribution < 1.29 is 0 Å². The first-order chi connectivity index (χ1) is 13.7. The minimum Gasteiger partial charge on any atom is -0.324 e. The van der Waals surface area contributed by atoms with E-state index in [9.17, 15) is 0 Å². The second-order valence-corrected chi connectivity index (χ2v) is 7.43. The molecule has 2 fully saturated rings. The standard InChI is InChI=1S/C21H33N5.C2H6/c1-4-17(2)23-21(22-3)24-19-7-5-6-18(16-19)10-11-25-12-14-26(15-13-25)20-8-9-20;1-2/h5-7,16,20H,4,8-15H2,1-3H3,(H,22,24);1-2H3/b23-17-;. The van der Waals surface area contributed by atoms with Gasteiger partial charge in [-0.25, -0.2) is 4.99 Å². The van der Waals surface area contributed by atoms with Crippen LogP contribution in [0.3, 0.4) is 0 Å². The fraction of sp³-hybridized carbons (Fsp3) is 0.652. The minimum atomic E-state index is 0.678. The van der Waals surface area contributed by atoms with Crippen molar-refractivity contribution in [3.8, 4) is 0 Å². The SMILES string of the molecule is CC.CC/C(C)=N\C(=NC)Nc1cccc(CCN2CCN(C3CC3)CC2)c1. The van der Waals surface area contributed by atoms with Crippen molar-refractivity contribution in [3.05, 3.63) is 29.8 Å². The third-order valence-electron chi connectivity index (χ3n) is 5.39. The van der Waals surface area contributed by atoms with Crippen molar-refractivity contribution in [2.24, 2.45) is 9.98 Å². The minimum absolute atomic E-state index is 0.678.